The van der Waals surface area contributed by atoms with Gasteiger partial charge in [-0.05, 0) is 37.0 Å². The van der Waals surface area contributed by atoms with Gasteiger partial charge >= 0.3 is 5.97 Å². The second-order valence-electron chi connectivity index (χ2n) is 6.25. The molecule has 0 radical (unpaired) electrons. The quantitative estimate of drug-likeness (QED) is 0.868. The van der Waals surface area contributed by atoms with Crippen LogP contribution in [0.3, 0.4) is 0 Å². The summed E-state index contributed by atoms with van der Waals surface area (Å²) in [4.78, 5) is 36.5. The van der Waals surface area contributed by atoms with Crippen LogP contribution in [0.15, 0.2) is 24.3 Å². The Bertz CT molecular complexity index is 643. The second-order valence-corrected chi connectivity index (χ2v) is 6.25. The molecule has 1 aromatic carbocycles. The van der Waals surface area contributed by atoms with Crippen LogP contribution in [0.1, 0.15) is 31.2 Å². The highest BCUT2D eigenvalue weighted by Crippen LogP contribution is 2.39. The third kappa shape index (κ3) is 3.70. The third-order valence-corrected chi connectivity index (χ3v) is 4.43. The van der Waals surface area contributed by atoms with Crippen molar-refractivity contribution in [2.45, 2.75) is 32.2 Å². The van der Waals surface area contributed by atoms with E-state index in [9.17, 15) is 14.4 Å². The van der Waals surface area contributed by atoms with Crippen LogP contribution in [0.2, 0.25) is 0 Å². The number of amides is 2. The zero-order valence-corrected chi connectivity index (χ0v) is 12.8. The van der Waals surface area contributed by atoms with Crippen molar-refractivity contribution in [1.29, 1.82) is 0 Å². The molecule has 2 amide bonds. The molecule has 1 saturated heterocycles. The van der Waals surface area contributed by atoms with E-state index in [1.807, 2.05) is 23.1 Å². The van der Waals surface area contributed by atoms with Crippen molar-refractivity contribution in [3.8, 4) is 0 Å². The molecule has 0 bridgehead atoms. The average molecular weight is 316 g/mol. The summed E-state index contributed by atoms with van der Waals surface area (Å²) in [5, 5.41) is 11.6. The molecular weight excluding hydrogens is 296 g/mol. The van der Waals surface area contributed by atoms with E-state index in [4.69, 9.17) is 5.11 Å². The molecule has 6 heteroatoms. The number of hydrogen-bond donors (Lipinski definition) is 2. The van der Waals surface area contributed by atoms with Crippen LogP contribution in [-0.2, 0) is 20.9 Å². The van der Waals surface area contributed by atoms with E-state index >= 15 is 0 Å². The van der Waals surface area contributed by atoms with Gasteiger partial charge in [-0.2, -0.15) is 0 Å². The molecule has 1 heterocycles. The maximum absolute atomic E-state index is 12.0. The lowest BCUT2D eigenvalue weighted by atomic mass is 10.1. The molecule has 2 fully saturated rings. The number of benzene rings is 1. The predicted molar refractivity (Wildman–Crippen MR) is 83.6 cm³/mol. The first-order chi connectivity index (χ1) is 11.0. The van der Waals surface area contributed by atoms with E-state index in [1.54, 1.807) is 6.07 Å². The van der Waals surface area contributed by atoms with Crippen molar-refractivity contribution in [3.63, 3.8) is 0 Å². The van der Waals surface area contributed by atoms with E-state index in [0.29, 0.717) is 25.1 Å². The molecule has 0 spiro atoms. The fourth-order valence-corrected chi connectivity index (χ4v) is 2.99. The number of rotatable bonds is 5. The summed E-state index contributed by atoms with van der Waals surface area (Å²) >= 11 is 0. The second kappa shape index (κ2) is 6.40. The number of carboxylic acid groups (broad SMARTS) is 1. The van der Waals surface area contributed by atoms with Gasteiger partial charge in [-0.25, -0.2) is 0 Å². The van der Waals surface area contributed by atoms with E-state index in [0.717, 1.165) is 24.9 Å². The Morgan fingerprint density at radius 3 is 2.78 bits per heavy atom. The van der Waals surface area contributed by atoms with Crippen LogP contribution in [-0.4, -0.2) is 34.3 Å². The van der Waals surface area contributed by atoms with Crippen LogP contribution in [0.4, 0.5) is 5.69 Å². The molecule has 2 N–H and O–H groups in total. The predicted octanol–water partition coefficient (Wildman–Crippen LogP) is 1.86. The lowest BCUT2D eigenvalue weighted by Gasteiger charge is -2.26. The van der Waals surface area contributed by atoms with Gasteiger partial charge in [0.1, 0.15) is 0 Å². The van der Waals surface area contributed by atoms with Crippen molar-refractivity contribution in [1.82, 2.24) is 4.90 Å². The lowest BCUT2D eigenvalue weighted by Crippen LogP contribution is -2.34. The summed E-state index contributed by atoms with van der Waals surface area (Å²) < 4.78 is 0. The van der Waals surface area contributed by atoms with Crippen LogP contribution in [0, 0.1) is 11.8 Å². The van der Waals surface area contributed by atoms with E-state index in [-0.39, 0.29) is 11.8 Å². The Labute approximate surface area is 134 Å². The maximum atomic E-state index is 12.0. The van der Waals surface area contributed by atoms with Gasteiger partial charge in [-0.15, -0.1) is 0 Å². The minimum Gasteiger partial charge on any atom is -0.481 e. The van der Waals surface area contributed by atoms with Gasteiger partial charge in [-0.1, -0.05) is 12.1 Å². The first kappa shape index (κ1) is 15.5. The van der Waals surface area contributed by atoms with Gasteiger partial charge in [0, 0.05) is 25.2 Å². The van der Waals surface area contributed by atoms with Crippen LogP contribution in [0.5, 0.6) is 0 Å². The summed E-state index contributed by atoms with van der Waals surface area (Å²) in [6.07, 6.45) is 3.00. The molecule has 122 valence electrons. The molecule has 0 aromatic heterocycles. The number of nitrogens with zero attached hydrogens (tertiary/aromatic N) is 1. The van der Waals surface area contributed by atoms with Gasteiger partial charge in [0.2, 0.25) is 11.8 Å². The smallest absolute Gasteiger partial charge is 0.307 e. The highest BCUT2D eigenvalue weighted by molar-refractivity contribution is 5.98. The monoisotopic (exact) mass is 316 g/mol. The topological polar surface area (TPSA) is 86.7 Å². The van der Waals surface area contributed by atoms with Crippen molar-refractivity contribution < 1.29 is 19.5 Å². The van der Waals surface area contributed by atoms with Gasteiger partial charge in [-0.3, -0.25) is 14.4 Å². The van der Waals surface area contributed by atoms with Gasteiger partial charge in [0.05, 0.1) is 11.8 Å². The largest absolute Gasteiger partial charge is 0.481 e. The Hall–Kier alpha value is -2.37. The fraction of sp³-hybridized carbons (Fsp3) is 0.471. The zero-order valence-electron chi connectivity index (χ0n) is 12.8. The van der Waals surface area contributed by atoms with Crippen LogP contribution in [0.25, 0.3) is 0 Å². The van der Waals surface area contributed by atoms with E-state index in [1.165, 1.54) is 0 Å². The Morgan fingerprint density at radius 1 is 1.26 bits per heavy atom. The number of hydrogen-bond acceptors (Lipinski definition) is 3. The summed E-state index contributed by atoms with van der Waals surface area (Å²) in [5.74, 6) is -1.97. The number of nitrogens with one attached hydrogen (secondary N) is 1. The Kier molecular flexibility index (Phi) is 4.32. The molecule has 2 aliphatic rings. The number of likely N-dealkylation sites (tertiary alicyclic amines) is 1. The fourth-order valence-electron chi connectivity index (χ4n) is 2.99. The minimum absolute atomic E-state index is 0.174. The molecule has 6 nitrogen and oxygen atoms in total. The molecule has 2 unspecified atom stereocenters. The standard InChI is InChI=1S/C17H20N2O4/c20-15-6-1-2-7-19(15)10-11-4-3-5-12(8-11)18-16(21)13-9-14(13)17(22)23/h3-5,8,13-14H,1-2,6-7,9-10H2,(H,18,21)(H,22,23). The summed E-state index contributed by atoms with van der Waals surface area (Å²) in [6, 6.07) is 7.38. The molecule has 1 aromatic rings. The van der Waals surface area contributed by atoms with Crippen molar-refractivity contribution in [2.75, 3.05) is 11.9 Å². The maximum Gasteiger partial charge on any atom is 0.307 e. The molecule has 2 atom stereocenters. The van der Waals surface area contributed by atoms with Crippen molar-refractivity contribution in [2.24, 2.45) is 11.8 Å². The molecule has 1 aliphatic heterocycles. The molecular formula is C17H20N2O4. The highest BCUT2D eigenvalue weighted by atomic mass is 16.4. The number of carboxylic acids is 1. The summed E-state index contributed by atoms with van der Waals surface area (Å²) in [5.41, 5.74) is 1.61. The summed E-state index contributed by atoms with van der Waals surface area (Å²) in [7, 11) is 0. The van der Waals surface area contributed by atoms with Crippen molar-refractivity contribution in [3.05, 3.63) is 29.8 Å². The van der Waals surface area contributed by atoms with Crippen LogP contribution < -0.4 is 5.32 Å². The third-order valence-electron chi connectivity index (χ3n) is 4.43. The molecule has 23 heavy (non-hydrogen) atoms. The summed E-state index contributed by atoms with van der Waals surface area (Å²) in [6.45, 7) is 1.32. The molecule has 1 aliphatic carbocycles. The first-order valence-corrected chi connectivity index (χ1v) is 7.95. The number of carbonyl (C=O) groups is 3. The van der Waals surface area contributed by atoms with E-state index in [2.05, 4.69) is 5.32 Å². The average Bonchev–Trinajstić information content (AvgIpc) is 3.31. The lowest BCUT2D eigenvalue weighted by molar-refractivity contribution is -0.139. The highest BCUT2D eigenvalue weighted by Gasteiger charge is 2.48. The Balaban J connectivity index is 1.60. The van der Waals surface area contributed by atoms with Gasteiger partial charge in [0.15, 0.2) is 0 Å². The van der Waals surface area contributed by atoms with Crippen molar-refractivity contribution >= 4 is 23.5 Å². The number of anilines is 1. The van der Waals surface area contributed by atoms with Gasteiger partial charge in [0.25, 0.3) is 0 Å². The number of piperidine rings is 1. The Morgan fingerprint density at radius 2 is 2.09 bits per heavy atom. The zero-order chi connectivity index (χ0) is 16.4. The minimum atomic E-state index is -0.914. The normalized spacial score (nSPS) is 23.5. The van der Waals surface area contributed by atoms with Gasteiger partial charge < -0.3 is 15.3 Å². The number of carbonyl (C=O) groups excluding carboxylic acids is 2. The van der Waals surface area contributed by atoms with Crippen LogP contribution >= 0.6 is 0 Å². The molecule has 1 saturated carbocycles. The SMILES string of the molecule is O=C(O)C1CC1C(=O)Nc1cccc(CN2CCCCC2=O)c1. The first-order valence-electron chi connectivity index (χ1n) is 7.95. The number of aliphatic carboxylic acids is 1. The molecule has 3 rings (SSSR count). The van der Waals surface area contributed by atoms with E-state index < -0.39 is 17.8 Å².